The van der Waals surface area contributed by atoms with Crippen molar-refractivity contribution in [2.45, 2.75) is 6.92 Å². The van der Waals surface area contributed by atoms with Crippen LogP contribution in [0.25, 0.3) is 0 Å². The summed E-state index contributed by atoms with van der Waals surface area (Å²) in [6.45, 7) is 2.98. The van der Waals surface area contributed by atoms with E-state index in [0.717, 1.165) is 22.6 Å². The molecule has 6 nitrogen and oxygen atoms in total. The van der Waals surface area contributed by atoms with E-state index < -0.39 is 0 Å². The van der Waals surface area contributed by atoms with Crippen LogP contribution in [0.4, 0.5) is 22.7 Å². The molecule has 0 aromatic heterocycles. The van der Waals surface area contributed by atoms with Crippen LogP contribution in [0.2, 0.25) is 0 Å². The molecule has 0 unspecified atom stereocenters. The highest BCUT2D eigenvalue weighted by Gasteiger charge is 2.05. The van der Waals surface area contributed by atoms with E-state index in [9.17, 15) is 0 Å². The summed E-state index contributed by atoms with van der Waals surface area (Å²) in [7, 11) is 0. The number of nitrogens with zero attached hydrogens (tertiary/aromatic N) is 3. The van der Waals surface area contributed by atoms with E-state index in [4.69, 9.17) is 15.9 Å². The minimum absolute atomic E-state index is 0.0396. The van der Waals surface area contributed by atoms with Crippen molar-refractivity contribution in [2.75, 3.05) is 36.9 Å². The lowest BCUT2D eigenvalue weighted by atomic mass is 10.2. The molecule has 0 aliphatic rings. The molecule has 4 N–H and O–H groups in total. The molecule has 0 aliphatic heterocycles. The SMILES string of the molecule is Cc1cc(N)ccc1N=Nc1ccc(N(CCO)CCO)cc1. The van der Waals surface area contributed by atoms with Gasteiger partial charge in [0.1, 0.15) is 0 Å². The number of aliphatic hydroxyl groups excluding tert-OH is 2. The molecule has 2 aromatic carbocycles. The third-order valence-electron chi connectivity index (χ3n) is 3.45. The Balaban J connectivity index is 2.11. The van der Waals surface area contributed by atoms with Crippen LogP contribution in [-0.2, 0) is 0 Å². The molecule has 0 spiro atoms. The van der Waals surface area contributed by atoms with Crippen LogP contribution in [0.1, 0.15) is 5.56 Å². The predicted molar refractivity (Wildman–Crippen MR) is 92.6 cm³/mol. The molecule has 2 rings (SSSR count). The first kappa shape index (κ1) is 16.9. The fourth-order valence-corrected chi connectivity index (χ4v) is 2.24. The van der Waals surface area contributed by atoms with Crippen LogP contribution in [0.3, 0.4) is 0 Å². The van der Waals surface area contributed by atoms with Crippen molar-refractivity contribution in [1.29, 1.82) is 0 Å². The Kier molecular flexibility index (Phi) is 6.08. The van der Waals surface area contributed by atoms with Crippen molar-refractivity contribution in [3.8, 4) is 0 Å². The molecular formula is C17H22N4O2. The summed E-state index contributed by atoms with van der Waals surface area (Å²) in [5, 5.41) is 26.6. The minimum Gasteiger partial charge on any atom is -0.399 e. The number of rotatable bonds is 7. The first-order valence-corrected chi connectivity index (χ1v) is 7.48. The van der Waals surface area contributed by atoms with Crippen LogP contribution in [0.15, 0.2) is 52.7 Å². The second-order valence-electron chi connectivity index (χ2n) is 5.20. The maximum atomic E-state index is 9.07. The molecule has 0 bridgehead atoms. The second-order valence-corrected chi connectivity index (χ2v) is 5.20. The Morgan fingerprint density at radius 3 is 2.17 bits per heavy atom. The molecule has 6 heteroatoms. The molecule has 0 atom stereocenters. The monoisotopic (exact) mass is 314 g/mol. The molecule has 23 heavy (non-hydrogen) atoms. The van der Waals surface area contributed by atoms with Crippen molar-refractivity contribution in [1.82, 2.24) is 0 Å². The largest absolute Gasteiger partial charge is 0.399 e. The second kappa shape index (κ2) is 8.26. The van der Waals surface area contributed by atoms with E-state index >= 15 is 0 Å². The van der Waals surface area contributed by atoms with Gasteiger partial charge in [0.25, 0.3) is 0 Å². The highest BCUT2D eigenvalue weighted by Crippen LogP contribution is 2.25. The third-order valence-corrected chi connectivity index (χ3v) is 3.45. The van der Waals surface area contributed by atoms with Gasteiger partial charge in [-0.3, -0.25) is 0 Å². The average Bonchev–Trinajstić information content (AvgIpc) is 2.54. The molecule has 0 saturated carbocycles. The number of aryl methyl sites for hydroxylation is 1. The molecule has 122 valence electrons. The Bertz CT molecular complexity index is 650. The van der Waals surface area contributed by atoms with Crippen molar-refractivity contribution in [2.24, 2.45) is 10.2 Å². The summed E-state index contributed by atoms with van der Waals surface area (Å²) in [6, 6.07) is 13.0. The number of nitrogen functional groups attached to an aromatic ring is 1. The van der Waals surface area contributed by atoms with Gasteiger partial charge in [-0.1, -0.05) is 0 Å². The summed E-state index contributed by atoms with van der Waals surface area (Å²) in [5.74, 6) is 0. The van der Waals surface area contributed by atoms with Crippen LogP contribution in [0, 0.1) is 6.92 Å². The van der Waals surface area contributed by atoms with E-state index in [-0.39, 0.29) is 13.2 Å². The van der Waals surface area contributed by atoms with Gasteiger partial charge >= 0.3 is 0 Å². The van der Waals surface area contributed by atoms with Gasteiger partial charge in [0.2, 0.25) is 0 Å². The highest BCUT2D eigenvalue weighted by atomic mass is 16.3. The lowest BCUT2D eigenvalue weighted by Crippen LogP contribution is -2.29. The smallest absolute Gasteiger partial charge is 0.0887 e. The lowest BCUT2D eigenvalue weighted by Gasteiger charge is -2.22. The number of anilines is 2. The highest BCUT2D eigenvalue weighted by molar-refractivity contribution is 5.55. The number of hydrogen-bond donors (Lipinski definition) is 3. The van der Waals surface area contributed by atoms with E-state index in [1.807, 2.05) is 48.2 Å². The number of azo groups is 1. The van der Waals surface area contributed by atoms with Gasteiger partial charge in [0.05, 0.1) is 24.6 Å². The van der Waals surface area contributed by atoms with Crippen LogP contribution in [-0.4, -0.2) is 36.5 Å². The number of aliphatic hydroxyl groups is 2. The lowest BCUT2D eigenvalue weighted by molar-refractivity contribution is 0.281. The van der Waals surface area contributed by atoms with Crippen molar-refractivity contribution < 1.29 is 10.2 Å². The van der Waals surface area contributed by atoms with Crippen LogP contribution in [0.5, 0.6) is 0 Å². The zero-order valence-corrected chi connectivity index (χ0v) is 13.2. The standard InChI is InChI=1S/C17H22N4O2/c1-13-12-14(18)2-7-17(13)20-19-15-3-5-16(6-4-15)21(8-10-22)9-11-23/h2-7,12,22-23H,8-11,18H2,1H3. The first-order valence-electron chi connectivity index (χ1n) is 7.48. The zero-order valence-electron chi connectivity index (χ0n) is 13.2. The van der Waals surface area contributed by atoms with Crippen molar-refractivity contribution >= 4 is 22.7 Å². The van der Waals surface area contributed by atoms with Gasteiger partial charge in [0.15, 0.2) is 0 Å². The van der Waals surface area contributed by atoms with E-state index in [2.05, 4.69) is 10.2 Å². The molecule has 0 amide bonds. The van der Waals surface area contributed by atoms with Gasteiger partial charge in [-0.2, -0.15) is 10.2 Å². The average molecular weight is 314 g/mol. The molecule has 0 aliphatic carbocycles. The number of hydrogen-bond acceptors (Lipinski definition) is 6. The van der Waals surface area contributed by atoms with Gasteiger partial charge in [0, 0.05) is 24.5 Å². The Labute approximate surface area is 135 Å². The quantitative estimate of drug-likeness (QED) is 0.541. The molecular weight excluding hydrogens is 292 g/mol. The fraction of sp³-hybridized carbons (Fsp3) is 0.294. The molecule has 0 radical (unpaired) electrons. The van der Waals surface area contributed by atoms with Crippen molar-refractivity contribution in [3.05, 3.63) is 48.0 Å². The third kappa shape index (κ3) is 4.77. The van der Waals surface area contributed by atoms with E-state index in [1.165, 1.54) is 0 Å². The number of nitrogens with two attached hydrogens (primary N) is 1. The summed E-state index contributed by atoms with van der Waals surface area (Å²) >= 11 is 0. The minimum atomic E-state index is 0.0396. The van der Waals surface area contributed by atoms with Gasteiger partial charge in [-0.15, -0.1) is 0 Å². The van der Waals surface area contributed by atoms with Gasteiger partial charge < -0.3 is 20.8 Å². The van der Waals surface area contributed by atoms with E-state index in [0.29, 0.717) is 18.8 Å². The first-order chi connectivity index (χ1) is 11.1. The Hall–Kier alpha value is -2.44. The van der Waals surface area contributed by atoms with Crippen molar-refractivity contribution in [3.63, 3.8) is 0 Å². The van der Waals surface area contributed by atoms with Crippen LogP contribution >= 0.6 is 0 Å². The van der Waals surface area contributed by atoms with Gasteiger partial charge in [-0.05, 0) is 55.0 Å². The summed E-state index contributed by atoms with van der Waals surface area (Å²) < 4.78 is 0. The zero-order chi connectivity index (χ0) is 16.7. The molecule has 0 heterocycles. The maximum Gasteiger partial charge on any atom is 0.0887 e. The van der Waals surface area contributed by atoms with Gasteiger partial charge in [-0.25, -0.2) is 0 Å². The Morgan fingerprint density at radius 2 is 1.61 bits per heavy atom. The molecule has 0 saturated heterocycles. The van der Waals surface area contributed by atoms with Crippen LogP contribution < -0.4 is 10.6 Å². The molecule has 2 aromatic rings. The predicted octanol–water partition coefficient (Wildman–Crippen LogP) is 2.78. The topological polar surface area (TPSA) is 94.4 Å². The summed E-state index contributed by atoms with van der Waals surface area (Å²) in [4.78, 5) is 1.91. The number of benzene rings is 2. The summed E-state index contributed by atoms with van der Waals surface area (Å²) in [5.41, 5.74) is 9.84. The van der Waals surface area contributed by atoms with E-state index in [1.54, 1.807) is 6.07 Å². The normalized spacial score (nSPS) is 11.1. The Morgan fingerprint density at radius 1 is 0.957 bits per heavy atom. The summed E-state index contributed by atoms with van der Waals surface area (Å²) in [6.07, 6.45) is 0. The molecule has 0 fully saturated rings. The fourth-order valence-electron chi connectivity index (χ4n) is 2.24. The maximum absolute atomic E-state index is 9.07.